The van der Waals surface area contributed by atoms with Gasteiger partial charge in [-0.15, -0.1) is 0 Å². The van der Waals surface area contributed by atoms with Gasteiger partial charge in [-0.05, 0) is 18.9 Å². The van der Waals surface area contributed by atoms with Crippen LogP contribution in [0.2, 0.25) is 5.15 Å². The number of fused-ring (bicyclic) bond motifs is 1. The molecule has 0 fully saturated rings. The average molecular weight is 195 g/mol. The number of nitrogens with zero attached hydrogens (tertiary/aromatic N) is 2. The molecular formula is C10H11ClN2. The Morgan fingerprint density at radius 1 is 1.46 bits per heavy atom. The first-order valence-electron chi connectivity index (χ1n) is 4.37. The lowest BCUT2D eigenvalue weighted by Crippen LogP contribution is -2.07. The molecule has 1 aromatic heterocycles. The van der Waals surface area contributed by atoms with E-state index in [2.05, 4.69) is 29.9 Å². The molecule has 3 heteroatoms. The highest BCUT2D eigenvalue weighted by atomic mass is 35.5. The Bertz CT molecular complexity index is 371. The van der Waals surface area contributed by atoms with E-state index in [9.17, 15) is 0 Å². The van der Waals surface area contributed by atoms with Gasteiger partial charge in [-0.25, -0.2) is 9.97 Å². The van der Waals surface area contributed by atoms with Crippen LogP contribution >= 0.6 is 11.6 Å². The summed E-state index contributed by atoms with van der Waals surface area (Å²) in [5.74, 6) is 0.458. The molecule has 1 atom stereocenters. The summed E-state index contributed by atoms with van der Waals surface area (Å²) in [5.41, 5.74) is 3.31. The third-order valence-corrected chi connectivity index (χ3v) is 2.76. The number of aromatic nitrogens is 2. The van der Waals surface area contributed by atoms with Crippen LogP contribution in [-0.2, 0) is 0 Å². The first-order chi connectivity index (χ1) is 6.20. The minimum Gasteiger partial charge on any atom is -0.240 e. The van der Waals surface area contributed by atoms with Gasteiger partial charge >= 0.3 is 0 Å². The normalized spacial score (nSPS) is 20.8. The van der Waals surface area contributed by atoms with Gasteiger partial charge in [0.2, 0.25) is 0 Å². The van der Waals surface area contributed by atoms with Gasteiger partial charge < -0.3 is 0 Å². The van der Waals surface area contributed by atoms with E-state index in [4.69, 9.17) is 11.6 Å². The van der Waals surface area contributed by atoms with Crippen LogP contribution in [0.25, 0.3) is 5.57 Å². The summed E-state index contributed by atoms with van der Waals surface area (Å²) < 4.78 is 0. The monoisotopic (exact) mass is 194 g/mol. The summed E-state index contributed by atoms with van der Waals surface area (Å²) in [6.07, 6.45) is 4.78. The van der Waals surface area contributed by atoms with Crippen molar-refractivity contribution < 1.29 is 0 Å². The van der Waals surface area contributed by atoms with E-state index < -0.39 is 0 Å². The maximum atomic E-state index is 6.01. The van der Waals surface area contributed by atoms with Crippen LogP contribution < -0.4 is 0 Å². The highest BCUT2D eigenvalue weighted by Gasteiger charge is 2.20. The Kier molecular flexibility index (Phi) is 2.08. The summed E-state index contributed by atoms with van der Waals surface area (Å²) in [4.78, 5) is 8.27. The SMILES string of the molecule is CC1=CCC(C)c2ncnc(Cl)c21. The summed E-state index contributed by atoms with van der Waals surface area (Å²) in [6.45, 7) is 4.21. The van der Waals surface area contributed by atoms with Gasteiger partial charge in [-0.3, -0.25) is 0 Å². The predicted octanol–water partition coefficient (Wildman–Crippen LogP) is 3.04. The molecule has 1 aliphatic carbocycles. The molecular weight excluding hydrogens is 184 g/mol. The van der Waals surface area contributed by atoms with Crippen molar-refractivity contribution in [1.82, 2.24) is 9.97 Å². The van der Waals surface area contributed by atoms with Crippen molar-refractivity contribution >= 4 is 17.2 Å². The standard InChI is InChI=1S/C10H11ClN2/c1-6-3-4-7(2)9-8(6)10(11)13-5-12-9/h3,5,7H,4H2,1-2H3. The zero-order valence-corrected chi connectivity index (χ0v) is 8.47. The molecule has 0 radical (unpaired) electrons. The molecule has 0 saturated heterocycles. The van der Waals surface area contributed by atoms with Crippen molar-refractivity contribution in [2.24, 2.45) is 0 Å². The predicted molar refractivity (Wildman–Crippen MR) is 53.7 cm³/mol. The maximum absolute atomic E-state index is 6.01. The Labute approximate surface area is 82.7 Å². The van der Waals surface area contributed by atoms with Crippen LogP contribution in [0.1, 0.15) is 37.4 Å². The lowest BCUT2D eigenvalue weighted by atomic mass is 9.89. The second-order valence-corrected chi connectivity index (χ2v) is 3.81. The Balaban J connectivity index is 2.66. The van der Waals surface area contributed by atoms with Crippen LogP contribution in [0.5, 0.6) is 0 Å². The third-order valence-electron chi connectivity index (χ3n) is 2.47. The van der Waals surface area contributed by atoms with Gasteiger partial charge in [-0.2, -0.15) is 0 Å². The number of hydrogen-bond acceptors (Lipinski definition) is 2. The van der Waals surface area contributed by atoms with Gasteiger partial charge in [0.1, 0.15) is 11.5 Å². The highest BCUT2D eigenvalue weighted by Crippen LogP contribution is 2.35. The third kappa shape index (κ3) is 1.35. The molecule has 0 aromatic carbocycles. The molecule has 1 heterocycles. The fourth-order valence-corrected chi connectivity index (χ4v) is 1.97. The summed E-state index contributed by atoms with van der Waals surface area (Å²) in [6, 6.07) is 0. The Morgan fingerprint density at radius 2 is 2.23 bits per heavy atom. The molecule has 1 aromatic rings. The van der Waals surface area contributed by atoms with E-state index in [-0.39, 0.29) is 0 Å². The zero-order chi connectivity index (χ0) is 9.42. The van der Waals surface area contributed by atoms with Crippen molar-refractivity contribution in [3.63, 3.8) is 0 Å². The molecule has 0 spiro atoms. The topological polar surface area (TPSA) is 25.8 Å². The number of allylic oxidation sites excluding steroid dienone is 2. The molecule has 1 unspecified atom stereocenters. The maximum Gasteiger partial charge on any atom is 0.140 e. The lowest BCUT2D eigenvalue weighted by molar-refractivity contribution is 0.729. The molecule has 0 aliphatic heterocycles. The van der Waals surface area contributed by atoms with Crippen molar-refractivity contribution in [1.29, 1.82) is 0 Å². The van der Waals surface area contributed by atoms with Crippen LogP contribution in [0.3, 0.4) is 0 Å². The molecule has 0 amide bonds. The minimum atomic E-state index is 0.458. The van der Waals surface area contributed by atoms with E-state index >= 15 is 0 Å². The van der Waals surface area contributed by atoms with E-state index in [1.807, 2.05) is 0 Å². The van der Waals surface area contributed by atoms with Crippen molar-refractivity contribution in [3.8, 4) is 0 Å². The summed E-state index contributed by atoms with van der Waals surface area (Å²) >= 11 is 6.01. The Morgan fingerprint density at radius 3 is 2.92 bits per heavy atom. The second-order valence-electron chi connectivity index (χ2n) is 3.45. The van der Waals surface area contributed by atoms with Crippen LogP contribution in [-0.4, -0.2) is 9.97 Å². The van der Waals surface area contributed by atoms with Crippen LogP contribution in [0.15, 0.2) is 12.4 Å². The summed E-state index contributed by atoms with van der Waals surface area (Å²) in [5, 5.41) is 0.574. The van der Waals surface area contributed by atoms with Crippen LogP contribution in [0.4, 0.5) is 0 Å². The quantitative estimate of drug-likeness (QED) is 0.594. The van der Waals surface area contributed by atoms with Gasteiger partial charge in [0.25, 0.3) is 0 Å². The van der Waals surface area contributed by atoms with Crippen LogP contribution in [0, 0.1) is 0 Å². The first kappa shape index (κ1) is 8.70. The van der Waals surface area contributed by atoms with E-state index in [1.165, 1.54) is 11.9 Å². The van der Waals surface area contributed by atoms with Gasteiger partial charge in [0, 0.05) is 11.5 Å². The second kappa shape index (κ2) is 3.11. The molecule has 1 aliphatic rings. The minimum absolute atomic E-state index is 0.458. The fourth-order valence-electron chi connectivity index (χ4n) is 1.68. The van der Waals surface area contributed by atoms with E-state index in [0.29, 0.717) is 11.1 Å². The van der Waals surface area contributed by atoms with Gasteiger partial charge in [-0.1, -0.05) is 24.6 Å². The molecule has 13 heavy (non-hydrogen) atoms. The fraction of sp³-hybridized carbons (Fsp3) is 0.400. The molecule has 0 bridgehead atoms. The van der Waals surface area contributed by atoms with Crippen molar-refractivity contribution in [2.75, 3.05) is 0 Å². The number of hydrogen-bond donors (Lipinski definition) is 0. The van der Waals surface area contributed by atoms with E-state index in [0.717, 1.165) is 17.7 Å². The smallest absolute Gasteiger partial charge is 0.140 e. The molecule has 68 valence electrons. The number of halogens is 1. The zero-order valence-electron chi connectivity index (χ0n) is 7.71. The molecule has 0 N–H and O–H groups in total. The van der Waals surface area contributed by atoms with Crippen molar-refractivity contribution in [2.45, 2.75) is 26.2 Å². The summed E-state index contributed by atoms with van der Waals surface area (Å²) in [7, 11) is 0. The molecule has 2 rings (SSSR count). The number of rotatable bonds is 0. The van der Waals surface area contributed by atoms with Gasteiger partial charge in [0.15, 0.2) is 0 Å². The average Bonchev–Trinajstić information content (AvgIpc) is 2.12. The largest absolute Gasteiger partial charge is 0.240 e. The van der Waals surface area contributed by atoms with Gasteiger partial charge in [0.05, 0.1) is 5.69 Å². The van der Waals surface area contributed by atoms with Crippen molar-refractivity contribution in [3.05, 3.63) is 28.8 Å². The molecule has 2 nitrogen and oxygen atoms in total. The first-order valence-corrected chi connectivity index (χ1v) is 4.75. The Hall–Kier alpha value is -0.890. The van der Waals surface area contributed by atoms with E-state index in [1.54, 1.807) is 0 Å². The molecule has 0 saturated carbocycles. The lowest BCUT2D eigenvalue weighted by Gasteiger charge is -2.19. The highest BCUT2D eigenvalue weighted by molar-refractivity contribution is 6.31.